The maximum absolute atomic E-state index is 11.5. The molecule has 0 aliphatic heterocycles. The Kier molecular flexibility index (Phi) is 4.69. The number of anilines is 1. The fourth-order valence-corrected chi connectivity index (χ4v) is 1.43. The number of hydrogen-bond donors (Lipinski definition) is 2. The Hall–Kier alpha value is -0.960. The normalized spacial score (nSPS) is 12.2. The molecule has 1 atom stereocenters. The maximum Gasteiger partial charge on any atom is 0.236 e. The van der Waals surface area contributed by atoms with Crippen LogP contribution in [0.25, 0.3) is 0 Å². The van der Waals surface area contributed by atoms with Crippen molar-refractivity contribution in [3.05, 3.63) is 29.8 Å². The predicted octanol–water partition coefficient (Wildman–Crippen LogP) is 2.90. The van der Waals surface area contributed by atoms with Crippen LogP contribution in [0.2, 0.25) is 0 Å². The molecular formula is C12H17NOS. The first kappa shape index (κ1) is 12.1. The van der Waals surface area contributed by atoms with Gasteiger partial charge >= 0.3 is 0 Å². The quantitative estimate of drug-likeness (QED) is 0.755. The van der Waals surface area contributed by atoms with Crippen LogP contribution in [0.15, 0.2) is 24.3 Å². The first-order chi connectivity index (χ1) is 7.15. The fraction of sp³-hybridized carbons (Fsp3) is 0.417. The molecule has 0 bridgehead atoms. The van der Waals surface area contributed by atoms with Crippen molar-refractivity contribution in [1.29, 1.82) is 0 Å². The lowest BCUT2D eigenvalue weighted by molar-refractivity contribution is -0.115. The summed E-state index contributed by atoms with van der Waals surface area (Å²) >= 11 is 4.10. The summed E-state index contributed by atoms with van der Waals surface area (Å²) in [6, 6.07) is 7.89. The highest BCUT2D eigenvalue weighted by Gasteiger charge is 2.09. The highest BCUT2D eigenvalue weighted by atomic mass is 32.1. The van der Waals surface area contributed by atoms with E-state index in [-0.39, 0.29) is 11.2 Å². The van der Waals surface area contributed by atoms with Crippen LogP contribution >= 0.6 is 12.6 Å². The van der Waals surface area contributed by atoms with E-state index in [0.29, 0.717) is 0 Å². The minimum atomic E-state index is -0.278. The molecule has 0 heterocycles. The zero-order valence-corrected chi connectivity index (χ0v) is 10.1. The Labute approximate surface area is 96.5 Å². The molecule has 0 radical (unpaired) electrons. The number of carbonyl (C=O) groups excluding carboxylic acids is 1. The van der Waals surface area contributed by atoms with Crippen molar-refractivity contribution >= 4 is 24.2 Å². The predicted molar refractivity (Wildman–Crippen MR) is 67.5 cm³/mol. The van der Waals surface area contributed by atoms with Crippen molar-refractivity contribution in [3.8, 4) is 0 Å². The first-order valence-electron chi connectivity index (χ1n) is 5.22. The van der Waals surface area contributed by atoms with Gasteiger partial charge in [-0.15, -0.1) is 0 Å². The summed E-state index contributed by atoms with van der Waals surface area (Å²) in [5.74, 6) is -0.0538. The largest absolute Gasteiger partial charge is 0.325 e. The van der Waals surface area contributed by atoms with Crippen LogP contribution in [0.3, 0.4) is 0 Å². The minimum absolute atomic E-state index is 0.0538. The lowest BCUT2D eigenvalue weighted by atomic mass is 10.1. The van der Waals surface area contributed by atoms with Gasteiger partial charge in [-0.2, -0.15) is 12.6 Å². The number of aryl methyl sites for hydroxylation is 1. The van der Waals surface area contributed by atoms with Gasteiger partial charge in [-0.1, -0.05) is 31.5 Å². The van der Waals surface area contributed by atoms with Gasteiger partial charge in [0.25, 0.3) is 0 Å². The molecule has 0 aliphatic rings. The molecule has 0 aliphatic carbocycles. The Morgan fingerprint density at radius 3 is 2.73 bits per heavy atom. The second-order valence-corrected chi connectivity index (χ2v) is 4.35. The summed E-state index contributed by atoms with van der Waals surface area (Å²) in [5, 5.41) is 2.60. The Morgan fingerprint density at radius 1 is 1.47 bits per heavy atom. The van der Waals surface area contributed by atoms with Gasteiger partial charge in [0, 0.05) is 5.69 Å². The number of thiol groups is 1. The SMILES string of the molecule is CCCc1ccccc1NC(=O)C(C)S. The second kappa shape index (κ2) is 5.81. The molecule has 0 saturated carbocycles. The van der Waals surface area contributed by atoms with Gasteiger partial charge in [-0.25, -0.2) is 0 Å². The summed E-state index contributed by atoms with van der Waals surface area (Å²) in [6.45, 7) is 3.89. The van der Waals surface area contributed by atoms with Gasteiger partial charge in [-0.05, 0) is 25.0 Å². The van der Waals surface area contributed by atoms with Gasteiger partial charge in [0.1, 0.15) is 0 Å². The van der Waals surface area contributed by atoms with Crippen LogP contribution in [-0.2, 0) is 11.2 Å². The molecule has 1 aromatic carbocycles. The fourth-order valence-electron chi connectivity index (χ4n) is 1.37. The Morgan fingerprint density at radius 2 is 2.13 bits per heavy atom. The monoisotopic (exact) mass is 223 g/mol. The molecule has 2 nitrogen and oxygen atoms in total. The molecule has 0 saturated heterocycles. The molecule has 0 fully saturated rings. The molecule has 3 heteroatoms. The highest BCUT2D eigenvalue weighted by molar-refractivity contribution is 7.81. The number of amides is 1. The van der Waals surface area contributed by atoms with E-state index in [1.165, 1.54) is 5.56 Å². The third-order valence-corrected chi connectivity index (χ3v) is 2.41. The van der Waals surface area contributed by atoms with Crippen molar-refractivity contribution in [1.82, 2.24) is 0 Å². The van der Waals surface area contributed by atoms with Crippen LogP contribution < -0.4 is 5.32 Å². The van der Waals surface area contributed by atoms with Crippen molar-refractivity contribution in [3.63, 3.8) is 0 Å². The summed E-state index contributed by atoms with van der Waals surface area (Å²) in [4.78, 5) is 11.5. The Balaban J connectivity index is 2.79. The van der Waals surface area contributed by atoms with Crippen LogP contribution in [0, 0.1) is 0 Å². The number of benzene rings is 1. The molecule has 1 N–H and O–H groups in total. The van der Waals surface area contributed by atoms with E-state index in [1.807, 2.05) is 24.3 Å². The van der Waals surface area contributed by atoms with Gasteiger partial charge < -0.3 is 5.32 Å². The number of carbonyl (C=O) groups is 1. The lowest BCUT2D eigenvalue weighted by Crippen LogP contribution is -2.21. The summed E-state index contributed by atoms with van der Waals surface area (Å²) in [6.07, 6.45) is 2.06. The highest BCUT2D eigenvalue weighted by Crippen LogP contribution is 2.17. The van der Waals surface area contributed by atoms with E-state index in [9.17, 15) is 4.79 Å². The number of para-hydroxylation sites is 1. The Bertz CT molecular complexity index is 336. The molecule has 82 valence electrons. The average Bonchev–Trinajstić information content (AvgIpc) is 2.21. The van der Waals surface area contributed by atoms with E-state index in [4.69, 9.17) is 0 Å². The molecule has 1 amide bonds. The van der Waals surface area contributed by atoms with E-state index >= 15 is 0 Å². The topological polar surface area (TPSA) is 29.1 Å². The van der Waals surface area contributed by atoms with Crippen LogP contribution in [0.1, 0.15) is 25.8 Å². The number of rotatable bonds is 4. The standard InChI is InChI=1S/C12H17NOS/c1-3-6-10-7-4-5-8-11(10)13-12(14)9(2)15/h4-5,7-9,15H,3,6H2,1-2H3,(H,13,14). The van der Waals surface area contributed by atoms with E-state index in [1.54, 1.807) is 6.92 Å². The zero-order chi connectivity index (χ0) is 11.3. The average molecular weight is 223 g/mol. The molecule has 1 unspecified atom stereocenters. The maximum atomic E-state index is 11.5. The van der Waals surface area contributed by atoms with Gasteiger partial charge in [0.05, 0.1) is 5.25 Å². The number of nitrogens with one attached hydrogen (secondary N) is 1. The molecule has 0 aromatic heterocycles. The summed E-state index contributed by atoms with van der Waals surface area (Å²) in [5.41, 5.74) is 2.09. The van der Waals surface area contributed by atoms with Gasteiger partial charge in [0.2, 0.25) is 5.91 Å². The van der Waals surface area contributed by atoms with E-state index in [0.717, 1.165) is 18.5 Å². The number of hydrogen-bond acceptors (Lipinski definition) is 2. The molecular weight excluding hydrogens is 206 g/mol. The van der Waals surface area contributed by atoms with Gasteiger partial charge in [0.15, 0.2) is 0 Å². The van der Waals surface area contributed by atoms with Crippen molar-refractivity contribution in [2.24, 2.45) is 0 Å². The zero-order valence-electron chi connectivity index (χ0n) is 9.16. The van der Waals surface area contributed by atoms with Crippen LogP contribution in [0.5, 0.6) is 0 Å². The smallest absolute Gasteiger partial charge is 0.236 e. The minimum Gasteiger partial charge on any atom is -0.325 e. The van der Waals surface area contributed by atoms with Crippen molar-refractivity contribution < 1.29 is 4.79 Å². The molecule has 0 spiro atoms. The van der Waals surface area contributed by atoms with Crippen molar-refractivity contribution in [2.75, 3.05) is 5.32 Å². The third-order valence-electron chi connectivity index (χ3n) is 2.17. The van der Waals surface area contributed by atoms with E-state index < -0.39 is 0 Å². The van der Waals surface area contributed by atoms with Gasteiger partial charge in [-0.3, -0.25) is 4.79 Å². The molecule has 1 rings (SSSR count). The van der Waals surface area contributed by atoms with Crippen molar-refractivity contribution in [2.45, 2.75) is 31.9 Å². The summed E-state index contributed by atoms with van der Waals surface area (Å²) < 4.78 is 0. The van der Waals surface area contributed by atoms with Crippen LogP contribution in [-0.4, -0.2) is 11.2 Å². The molecule has 15 heavy (non-hydrogen) atoms. The molecule has 1 aromatic rings. The second-order valence-electron chi connectivity index (χ2n) is 3.57. The first-order valence-corrected chi connectivity index (χ1v) is 5.73. The third kappa shape index (κ3) is 3.59. The van der Waals surface area contributed by atoms with Crippen LogP contribution in [0.4, 0.5) is 5.69 Å². The van der Waals surface area contributed by atoms with E-state index in [2.05, 4.69) is 24.9 Å². The summed E-state index contributed by atoms with van der Waals surface area (Å²) in [7, 11) is 0. The lowest BCUT2D eigenvalue weighted by Gasteiger charge is -2.11.